The van der Waals surface area contributed by atoms with Crippen molar-refractivity contribution in [2.24, 2.45) is 0 Å². The molecule has 1 atom stereocenters. The quantitative estimate of drug-likeness (QED) is 0.544. The number of carbonyl (C=O) groups is 1. The summed E-state index contributed by atoms with van der Waals surface area (Å²) in [4.78, 5) is 14.9. The fraction of sp³-hybridized carbons (Fsp3) is 0.450. The predicted octanol–water partition coefficient (Wildman–Crippen LogP) is 4.05. The first kappa shape index (κ1) is 20.9. The van der Waals surface area contributed by atoms with Crippen LogP contribution in [0.3, 0.4) is 0 Å². The number of nitrogens with zero attached hydrogens (tertiary/aromatic N) is 1. The minimum atomic E-state index is -3.12. The maximum atomic E-state index is 13.3. The van der Waals surface area contributed by atoms with E-state index in [1.165, 1.54) is 0 Å². The molecule has 8 heteroatoms. The summed E-state index contributed by atoms with van der Waals surface area (Å²) in [7, 11) is -3.12. The second kappa shape index (κ2) is 9.13. The van der Waals surface area contributed by atoms with Gasteiger partial charge in [-0.3, -0.25) is 4.79 Å². The van der Waals surface area contributed by atoms with Gasteiger partial charge in [0.25, 0.3) is 5.91 Å². The van der Waals surface area contributed by atoms with E-state index in [0.29, 0.717) is 34.8 Å². The predicted molar refractivity (Wildman–Crippen MR) is 110 cm³/mol. The number of amides is 1. The number of hydrogen-bond donors (Lipinski definition) is 0. The van der Waals surface area contributed by atoms with Crippen molar-refractivity contribution in [2.45, 2.75) is 38.8 Å². The highest BCUT2D eigenvalue weighted by Crippen LogP contribution is 2.25. The van der Waals surface area contributed by atoms with Gasteiger partial charge < -0.3 is 14.1 Å². The average molecular weight is 470 g/mol. The number of unbranched alkanes of at least 4 members (excludes halogenated alkanes) is 1. The Bertz CT molecular complexity index is 924. The van der Waals surface area contributed by atoms with Crippen LogP contribution in [0.5, 0.6) is 5.75 Å². The number of rotatable bonds is 8. The number of ether oxygens (including phenoxy) is 1. The summed E-state index contributed by atoms with van der Waals surface area (Å²) in [6.45, 7) is 2.90. The molecule has 1 aromatic carbocycles. The van der Waals surface area contributed by atoms with Crippen molar-refractivity contribution in [1.82, 2.24) is 4.90 Å². The van der Waals surface area contributed by atoms with Crippen LogP contribution in [0, 0.1) is 0 Å². The van der Waals surface area contributed by atoms with Crippen LogP contribution in [-0.4, -0.2) is 43.4 Å². The lowest BCUT2D eigenvalue weighted by molar-refractivity contribution is 0.0665. The Labute approximate surface area is 173 Å². The maximum Gasteiger partial charge on any atom is 0.254 e. The SMILES string of the molecule is CCCCOc1cccc(C(=O)N(Cc2ccc(Br)o2)[C@H]2CCS(=O)(=O)C2)c1. The first-order chi connectivity index (χ1) is 13.4. The molecule has 1 saturated heterocycles. The van der Waals surface area contributed by atoms with Gasteiger partial charge in [-0.05, 0) is 59.1 Å². The standard InChI is InChI=1S/C20H24BrNO5S/c1-2-3-10-26-17-6-4-5-15(12-17)20(23)22(13-18-7-8-19(21)27-18)16-9-11-28(24,25)14-16/h4-8,12,16H,2-3,9-11,13-14H2,1H3/t16-/m0/s1. The Hall–Kier alpha value is -1.80. The lowest BCUT2D eigenvalue weighted by atomic mass is 10.1. The van der Waals surface area contributed by atoms with Crippen LogP contribution >= 0.6 is 15.9 Å². The molecule has 1 aromatic heterocycles. The van der Waals surface area contributed by atoms with Gasteiger partial charge in [0.1, 0.15) is 11.5 Å². The van der Waals surface area contributed by atoms with Gasteiger partial charge in [0.15, 0.2) is 14.5 Å². The summed E-state index contributed by atoms with van der Waals surface area (Å²) >= 11 is 3.26. The van der Waals surface area contributed by atoms with Crippen molar-refractivity contribution < 1.29 is 22.4 Å². The zero-order valence-corrected chi connectivity index (χ0v) is 18.2. The Balaban J connectivity index is 1.82. The molecule has 0 unspecified atom stereocenters. The maximum absolute atomic E-state index is 13.3. The van der Waals surface area contributed by atoms with E-state index in [9.17, 15) is 13.2 Å². The van der Waals surface area contributed by atoms with Gasteiger partial charge in [-0.25, -0.2) is 8.42 Å². The molecular formula is C20H24BrNO5S. The summed E-state index contributed by atoms with van der Waals surface area (Å²) in [5.74, 6) is 1.09. The minimum Gasteiger partial charge on any atom is -0.494 e. The van der Waals surface area contributed by atoms with E-state index in [0.717, 1.165) is 12.8 Å². The monoisotopic (exact) mass is 469 g/mol. The number of halogens is 1. The molecule has 0 bridgehead atoms. The van der Waals surface area contributed by atoms with Crippen LogP contribution in [0.2, 0.25) is 0 Å². The third-order valence-electron chi connectivity index (χ3n) is 4.71. The molecule has 6 nitrogen and oxygen atoms in total. The molecule has 1 aliphatic heterocycles. The smallest absolute Gasteiger partial charge is 0.254 e. The van der Waals surface area contributed by atoms with E-state index in [-0.39, 0.29) is 30.0 Å². The van der Waals surface area contributed by atoms with Crippen molar-refractivity contribution in [3.05, 3.63) is 52.4 Å². The lowest BCUT2D eigenvalue weighted by Crippen LogP contribution is -2.40. The van der Waals surface area contributed by atoms with E-state index in [1.807, 2.05) is 6.07 Å². The van der Waals surface area contributed by atoms with Gasteiger partial charge in [-0.2, -0.15) is 0 Å². The Morgan fingerprint density at radius 1 is 1.32 bits per heavy atom. The summed E-state index contributed by atoms with van der Waals surface area (Å²) in [6, 6.07) is 10.2. The molecule has 0 saturated carbocycles. The molecular weight excluding hydrogens is 446 g/mol. The van der Waals surface area contributed by atoms with Crippen LogP contribution in [-0.2, 0) is 16.4 Å². The summed E-state index contributed by atoms with van der Waals surface area (Å²) in [6.07, 6.45) is 2.40. The molecule has 1 amide bonds. The number of sulfone groups is 1. The van der Waals surface area contributed by atoms with Crippen LogP contribution in [0.1, 0.15) is 42.3 Å². The largest absolute Gasteiger partial charge is 0.494 e. The van der Waals surface area contributed by atoms with Crippen molar-refractivity contribution in [2.75, 3.05) is 18.1 Å². The third kappa shape index (κ3) is 5.38. The summed E-state index contributed by atoms with van der Waals surface area (Å²) in [5.41, 5.74) is 0.476. The molecule has 3 rings (SSSR count). The highest BCUT2D eigenvalue weighted by Gasteiger charge is 2.35. The third-order valence-corrected chi connectivity index (χ3v) is 6.89. The lowest BCUT2D eigenvalue weighted by Gasteiger charge is -2.27. The van der Waals surface area contributed by atoms with Crippen molar-refractivity contribution >= 4 is 31.7 Å². The van der Waals surface area contributed by atoms with Gasteiger partial charge in [0.05, 0.1) is 24.7 Å². The second-order valence-electron chi connectivity index (χ2n) is 6.93. The number of carbonyl (C=O) groups excluding carboxylic acids is 1. The molecule has 1 aliphatic rings. The molecule has 0 N–H and O–H groups in total. The topological polar surface area (TPSA) is 76.8 Å². The van der Waals surface area contributed by atoms with Gasteiger partial charge in [-0.15, -0.1) is 0 Å². The molecule has 0 radical (unpaired) electrons. The number of furan rings is 1. The van der Waals surface area contributed by atoms with Gasteiger partial charge in [-0.1, -0.05) is 19.4 Å². The number of benzene rings is 1. The summed E-state index contributed by atoms with van der Waals surface area (Å²) in [5, 5.41) is 0. The molecule has 2 aromatic rings. The first-order valence-electron chi connectivity index (χ1n) is 9.36. The fourth-order valence-electron chi connectivity index (χ4n) is 3.21. The summed E-state index contributed by atoms with van der Waals surface area (Å²) < 4.78 is 35.8. The van der Waals surface area contributed by atoms with Crippen molar-refractivity contribution in [3.63, 3.8) is 0 Å². The Morgan fingerprint density at radius 3 is 2.79 bits per heavy atom. The number of hydrogen-bond acceptors (Lipinski definition) is 5. The molecule has 1 fully saturated rings. The first-order valence-corrected chi connectivity index (χ1v) is 12.0. The molecule has 0 aliphatic carbocycles. The van der Waals surface area contributed by atoms with E-state index >= 15 is 0 Å². The van der Waals surface area contributed by atoms with E-state index in [2.05, 4.69) is 22.9 Å². The van der Waals surface area contributed by atoms with Crippen LogP contribution in [0.4, 0.5) is 0 Å². The Morgan fingerprint density at radius 2 is 2.14 bits per heavy atom. The van der Waals surface area contributed by atoms with E-state index < -0.39 is 9.84 Å². The fourth-order valence-corrected chi connectivity index (χ4v) is 5.28. The van der Waals surface area contributed by atoms with Crippen molar-refractivity contribution in [1.29, 1.82) is 0 Å². The van der Waals surface area contributed by atoms with Crippen LogP contribution in [0.25, 0.3) is 0 Å². The highest BCUT2D eigenvalue weighted by molar-refractivity contribution is 9.10. The van der Waals surface area contributed by atoms with Gasteiger partial charge >= 0.3 is 0 Å². The van der Waals surface area contributed by atoms with Crippen LogP contribution < -0.4 is 4.74 Å². The van der Waals surface area contributed by atoms with Gasteiger partial charge in [0.2, 0.25) is 0 Å². The normalized spacial score (nSPS) is 18.1. The van der Waals surface area contributed by atoms with Gasteiger partial charge in [0, 0.05) is 11.6 Å². The van der Waals surface area contributed by atoms with Crippen molar-refractivity contribution in [3.8, 4) is 5.75 Å². The van der Waals surface area contributed by atoms with E-state index in [1.54, 1.807) is 35.2 Å². The van der Waals surface area contributed by atoms with Crippen LogP contribution in [0.15, 0.2) is 45.5 Å². The minimum absolute atomic E-state index is 0.0205. The molecule has 2 heterocycles. The highest BCUT2D eigenvalue weighted by atomic mass is 79.9. The molecule has 152 valence electrons. The average Bonchev–Trinajstić information content (AvgIpc) is 3.24. The molecule has 0 spiro atoms. The molecule has 28 heavy (non-hydrogen) atoms. The zero-order valence-electron chi connectivity index (χ0n) is 15.8. The zero-order chi connectivity index (χ0) is 20.1. The van der Waals surface area contributed by atoms with E-state index in [4.69, 9.17) is 9.15 Å². The second-order valence-corrected chi connectivity index (χ2v) is 9.94. The Kier molecular flexibility index (Phi) is 6.82.